The van der Waals surface area contributed by atoms with Gasteiger partial charge in [-0.1, -0.05) is 13.8 Å². The van der Waals surface area contributed by atoms with Crippen molar-refractivity contribution in [3.63, 3.8) is 0 Å². The molecule has 1 saturated carbocycles. The Morgan fingerprint density at radius 3 is 2.69 bits per heavy atom. The summed E-state index contributed by atoms with van der Waals surface area (Å²) in [6.07, 6.45) is 4.03. The van der Waals surface area contributed by atoms with E-state index in [0.717, 1.165) is 69.3 Å². The van der Waals surface area contributed by atoms with Gasteiger partial charge in [0, 0.05) is 28.9 Å². The van der Waals surface area contributed by atoms with Gasteiger partial charge in [0.25, 0.3) is 0 Å². The lowest BCUT2D eigenvalue weighted by molar-refractivity contribution is -0.143. The SMILES string of the molecule is Cc1cc(C)c(O[C@H]2CCCNC2)c(-c2ccnc3cc(CN4C(=O)C5C(C4=O)C5(C)C)sc23)n1. The molecule has 35 heavy (non-hydrogen) atoms. The number of amides is 2. The van der Waals surface area contributed by atoms with Gasteiger partial charge in [-0.15, -0.1) is 11.3 Å². The maximum atomic E-state index is 12.9. The number of piperidine rings is 2. The summed E-state index contributed by atoms with van der Waals surface area (Å²) < 4.78 is 7.51. The van der Waals surface area contributed by atoms with Gasteiger partial charge in [0.2, 0.25) is 11.8 Å². The first kappa shape index (κ1) is 22.6. The minimum atomic E-state index is -0.196. The van der Waals surface area contributed by atoms with E-state index in [0.29, 0.717) is 6.54 Å². The Labute approximate surface area is 208 Å². The van der Waals surface area contributed by atoms with Gasteiger partial charge >= 0.3 is 0 Å². The molecule has 3 aromatic rings. The summed E-state index contributed by atoms with van der Waals surface area (Å²) in [5, 5.41) is 3.42. The van der Waals surface area contributed by atoms with Crippen LogP contribution in [0.5, 0.6) is 5.75 Å². The topological polar surface area (TPSA) is 84.4 Å². The lowest BCUT2D eigenvalue weighted by Gasteiger charge is -2.26. The number of aromatic nitrogens is 2. The minimum absolute atomic E-state index is 0.0385. The Bertz CT molecular complexity index is 1330. The number of hydrogen-bond acceptors (Lipinski definition) is 7. The van der Waals surface area contributed by atoms with Crippen LogP contribution in [-0.2, 0) is 16.1 Å². The normalized spacial score (nSPS) is 25.3. The fourth-order valence-electron chi connectivity index (χ4n) is 5.81. The highest BCUT2D eigenvalue weighted by atomic mass is 32.1. The third-order valence-corrected chi connectivity index (χ3v) is 8.89. The summed E-state index contributed by atoms with van der Waals surface area (Å²) in [7, 11) is 0. The summed E-state index contributed by atoms with van der Waals surface area (Å²) in [6, 6.07) is 6.04. The van der Waals surface area contributed by atoms with Gasteiger partial charge in [0.15, 0.2) is 0 Å². The van der Waals surface area contributed by atoms with E-state index in [9.17, 15) is 9.59 Å². The van der Waals surface area contributed by atoms with Crippen molar-refractivity contribution in [1.82, 2.24) is 20.2 Å². The Morgan fingerprint density at radius 1 is 1.20 bits per heavy atom. The Morgan fingerprint density at radius 2 is 1.97 bits per heavy atom. The molecule has 0 radical (unpaired) electrons. The molecule has 6 rings (SSSR count). The van der Waals surface area contributed by atoms with E-state index in [1.54, 1.807) is 17.5 Å². The van der Waals surface area contributed by atoms with Crippen molar-refractivity contribution in [3.05, 3.63) is 40.5 Å². The number of ether oxygens (including phenoxy) is 1. The number of likely N-dealkylation sites (tertiary alicyclic amines) is 1. The summed E-state index contributed by atoms with van der Waals surface area (Å²) in [6.45, 7) is 10.2. The fourth-order valence-corrected chi connectivity index (χ4v) is 6.93. The molecule has 182 valence electrons. The Hall–Kier alpha value is -2.84. The van der Waals surface area contributed by atoms with Crippen molar-refractivity contribution >= 4 is 33.4 Å². The zero-order valence-electron chi connectivity index (χ0n) is 20.6. The van der Waals surface area contributed by atoms with Gasteiger partial charge in [-0.05, 0) is 62.4 Å². The summed E-state index contributed by atoms with van der Waals surface area (Å²) >= 11 is 1.58. The highest BCUT2D eigenvalue weighted by molar-refractivity contribution is 7.19. The maximum absolute atomic E-state index is 12.9. The van der Waals surface area contributed by atoms with Crippen LogP contribution in [0.3, 0.4) is 0 Å². The molecule has 3 aliphatic rings. The first-order valence-electron chi connectivity index (χ1n) is 12.3. The number of pyridine rings is 2. The van der Waals surface area contributed by atoms with Gasteiger partial charge in [-0.25, -0.2) is 4.98 Å². The lowest BCUT2D eigenvalue weighted by Crippen LogP contribution is -2.37. The molecule has 0 aromatic carbocycles. The molecule has 2 saturated heterocycles. The predicted octanol–water partition coefficient (Wildman–Crippen LogP) is 4.25. The van der Waals surface area contributed by atoms with E-state index in [1.807, 2.05) is 32.9 Å². The number of carbonyl (C=O) groups excluding carboxylic acids is 2. The Balaban J connectivity index is 1.35. The van der Waals surface area contributed by atoms with Crippen LogP contribution in [0.1, 0.15) is 42.8 Å². The first-order valence-corrected chi connectivity index (χ1v) is 13.2. The molecule has 0 bridgehead atoms. The average Bonchev–Trinajstić information content (AvgIpc) is 3.07. The minimum Gasteiger partial charge on any atom is -0.487 e. The Kier molecular flexibility index (Phi) is 5.23. The molecule has 3 atom stereocenters. The number of carbonyl (C=O) groups is 2. The number of nitrogens with one attached hydrogen (secondary N) is 1. The number of nitrogens with zero attached hydrogens (tertiary/aromatic N) is 3. The summed E-state index contributed by atoms with van der Waals surface area (Å²) in [5.74, 6) is 0.420. The van der Waals surface area contributed by atoms with Crippen LogP contribution < -0.4 is 10.1 Å². The van der Waals surface area contributed by atoms with Crippen LogP contribution in [0.2, 0.25) is 0 Å². The van der Waals surface area contributed by atoms with Crippen LogP contribution in [0.4, 0.5) is 0 Å². The zero-order valence-corrected chi connectivity index (χ0v) is 21.4. The largest absolute Gasteiger partial charge is 0.487 e. The van der Waals surface area contributed by atoms with E-state index in [4.69, 9.17) is 9.72 Å². The smallest absolute Gasteiger partial charge is 0.234 e. The molecule has 7 nitrogen and oxygen atoms in total. The van der Waals surface area contributed by atoms with Crippen LogP contribution >= 0.6 is 11.3 Å². The second-order valence-electron chi connectivity index (χ2n) is 10.7. The van der Waals surface area contributed by atoms with E-state index in [1.165, 1.54) is 4.90 Å². The van der Waals surface area contributed by atoms with Gasteiger partial charge in [0.1, 0.15) is 17.5 Å². The van der Waals surface area contributed by atoms with Crippen molar-refractivity contribution in [3.8, 4) is 17.0 Å². The molecule has 3 aromatic heterocycles. The number of rotatable bonds is 5. The fraction of sp³-hybridized carbons (Fsp3) is 0.481. The molecule has 5 heterocycles. The zero-order chi connectivity index (χ0) is 24.5. The predicted molar refractivity (Wildman–Crippen MR) is 135 cm³/mol. The van der Waals surface area contributed by atoms with Crippen LogP contribution in [0.25, 0.3) is 21.5 Å². The molecule has 1 N–H and O–H groups in total. The van der Waals surface area contributed by atoms with E-state index in [2.05, 4.69) is 23.3 Å². The molecule has 2 unspecified atom stereocenters. The number of imide groups is 1. The number of hydrogen-bond donors (Lipinski definition) is 1. The summed E-state index contributed by atoms with van der Waals surface area (Å²) in [4.78, 5) is 37.6. The van der Waals surface area contributed by atoms with Crippen LogP contribution in [0, 0.1) is 31.1 Å². The van der Waals surface area contributed by atoms with E-state index in [-0.39, 0.29) is 35.2 Å². The second kappa shape index (κ2) is 8.10. The molecule has 0 spiro atoms. The average molecular weight is 491 g/mol. The number of fused-ring (bicyclic) bond motifs is 2. The third kappa shape index (κ3) is 3.65. The van der Waals surface area contributed by atoms with Crippen molar-refractivity contribution in [2.45, 2.75) is 53.2 Å². The van der Waals surface area contributed by atoms with E-state index < -0.39 is 0 Å². The first-order chi connectivity index (χ1) is 16.8. The van der Waals surface area contributed by atoms with Crippen molar-refractivity contribution in [1.29, 1.82) is 0 Å². The van der Waals surface area contributed by atoms with Crippen molar-refractivity contribution in [2.24, 2.45) is 17.3 Å². The highest BCUT2D eigenvalue weighted by Crippen LogP contribution is 2.63. The highest BCUT2D eigenvalue weighted by Gasteiger charge is 2.72. The molecule has 2 aliphatic heterocycles. The van der Waals surface area contributed by atoms with Crippen LogP contribution in [0.15, 0.2) is 24.4 Å². The van der Waals surface area contributed by atoms with Gasteiger partial charge in [-0.2, -0.15) is 0 Å². The van der Waals surface area contributed by atoms with Crippen molar-refractivity contribution in [2.75, 3.05) is 13.1 Å². The molecule has 3 fully saturated rings. The van der Waals surface area contributed by atoms with E-state index >= 15 is 0 Å². The van der Waals surface area contributed by atoms with Gasteiger partial charge in [0.05, 0.1) is 28.6 Å². The molecular formula is C27H30N4O3S. The van der Waals surface area contributed by atoms with Crippen molar-refractivity contribution < 1.29 is 14.3 Å². The maximum Gasteiger partial charge on any atom is 0.234 e. The molecule has 1 aliphatic carbocycles. The summed E-state index contributed by atoms with van der Waals surface area (Å²) in [5.41, 5.74) is 4.44. The van der Waals surface area contributed by atoms with Gasteiger partial charge in [-0.3, -0.25) is 19.5 Å². The lowest BCUT2D eigenvalue weighted by atomic mass is 10.1. The molecular weight excluding hydrogens is 460 g/mol. The number of aryl methyl sites for hydroxylation is 2. The standard InChI is InChI=1S/C27H30N4O3S/c1-14-10-15(2)30-22(23(14)34-16-6-5-8-28-12-16)18-7-9-29-19-11-17(35-24(18)19)13-31-25(32)20-21(26(31)33)27(20,3)4/h7,9-11,16,20-21,28H,5-6,8,12-13H2,1-4H3/t16-,20?,21?/m0/s1. The molecule has 8 heteroatoms. The van der Waals surface area contributed by atoms with Gasteiger partial charge < -0.3 is 10.1 Å². The third-order valence-electron chi connectivity index (χ3n) is 7.75. The second-order valence-corrected chi connectivity index (χ2v) is 11.8. The van der Waals surface area contributed by atoms with Crippen LogP contribution in [-0.4, -0.2) is 45.9 Å². The molecule has 2 amide bonds. The number of thiophene rings is 1. The quantitative estimate of drug-likeness (QED) is 0.539. The monoisotopic (exact) mass is 490 g/mol.